The number of hydrogen-bond donors (Lipinski definition) is 6. The molecule has 762 valence electrons. The molecule has 0 fully saturated rings. The molecule has 6 amide bonds. The monoisotopic (exact) mass is 2260 g/mol. The second-order valence-electron chi connectivity index (χ2n) is 33.3. The minimum Gasteiger partial charge on any atom is -0.489 e. The number of rotatable bonds is 24. The Kier molecular flexibility index (Phi) is 48.0. The van der Waals surface area contributed by atoms with Gasteiger partial charge in [-0.1, -0.05) is 189 Å². The van der Waals surface area contributed by atoms with Crippen LogP contribution in [0.15, 0.2) is 193 Å². The van der Waals surface area contributed by atoms with Gasteiger partial charge in [-0.05, 0) is 394 Å². The lowest BCUT2D eigenvalue weighted by molar-refractivity contribution is 0.223. The second kappa shape index (κ2) is 57.5. The molecule has 34 heteroatoms. The van der Waals surface area contributed by atoms with E-state index in [-0.39, 0.29) is 50.9 Å². The van der Waals surface area contributed by atoms with Gasteiger partial charge in [-0.15, -0.1) is 0 Å². The first-order chi connectivity index (χ1) is 67.7. The molecule has 0 aliphatic rings. The lowest BCUT2D eigenvalue weighted by Gasteiger charge is -2.20. The van der Waals surface area contributed by atoms with Crippen molar-refractivity contribution in [2.45, 2.75) is 171 Å². The number of nitrogens with zero attached hydrogens (tertiary/aromatic N) is 6. The van der Waals surface area contributed by atoms with E-state index in [1.54, 1.807) is 98.2 Å². The minimum absolute atomic E-state index is 0.0795. The topological polar surface area (TPSA) is 299 Å². The maximum atomic E-state index is 14.2. The molecule has 0 radical (unpaired) electrons. The highest BCUT2D eigenvalue weighted by Gasteiger charge is 2.27. The average molecular weight is 2260 g/mol. The van der Waals surface area contributed by atoms with E-state index < -0.39 is 37.3 Å². The lowest BCUT2D eigenvalue weighted by atomic mass is 10.1. The second-order valence-corrected chi connectivity index (χ2v) is 40.3. The van der Waals surface area contributed by atoms with E-state index in [2.05, 4.69) is 103 Å². The van der Waals surface area contributed by atoms with Crippen LogP contribution in [0.3, 0.4) is 0 Å². The molecule has 12 aromatic carbocycles. The Morgan fingerprint density at radius 3 is 0.846 bits per heavy atom. The van der Waals surface area contributed by atoms with E-state index in [1.807, 2.05) is 176 Å². The number of hydroxylamine groups is 6. The number of para-hydroxylation sites is 1. The third kappa shape index (κ3) is 33.5. The van der Waals surface area contributed by atoms with Crippen LogP contribution in [0.2, 0.25) is 5.02 Å². The number of carbonyl (C=O) groups excluding carboxylic acids is 6. The van der Waals surface area contributed by atoms with Crippen molar-refractivity contribution >= 4 is 186 Å². The van der Waals surface area contributed by atoms with Crippen LogP contribution in [0, 0.1) is 141 Å². The van der Waals surface area contributed by atoms with Gasteiger partial charge in [-0.25, -0.2) is 4.39 Å². The number of anilines is 6. The van der Waals surface area contributed by atoms with Crippen molar-refractivity contribution < 1.29 is 92.8 Å². The Bertz CT molecular complexity index is 5780. The summed E-state index contributed by atoms with van der Waals surface area (Å²) in [5.41, 5.74) is 27.1. The summed E-state index contributed by atoms with van der Waals surface area (Å²) in [6, 6.07) is 56.9. The fourth-order valence-electron chi connectivity index (χ4n) is 14.0. The van der Waals surface area contributed by atoms with Gasteiger partial charge in [-0.3, -0.25) is 60.0 Å². The number of halogens is 4. The maximum Gasteiger partial charge on any atom is 0.309 e. The predicted octanol–water partition coefficient (Wildman–Crippen LogP) is 31.7. The molecule has 0 unspecified atom stereocenters. The van der Waals surface area contributed by atoms with Gasteiger partial charge in [0.2, 0.25) is 0 Å². The first-order valence-electron chi connectivity index (χ1n) is 44.6. The fourth-order valence-corrected chi connectivity index (χ4v) is 17.0. The maximum absolute atomic E-state index is 14.2. The molecule has 12 aromatic rings. The molecule has 0 heterocycles. The predicted molar refractivity (Wildman–Crippen MR) is 598 cm³/mol. The number of aryl methyl sites for hydroxylation is 19. The van der Waals surface area contributed by atoms with Gasteiger partial charge in [-0.2, -0.15) is 30.4 Å². The van der Waals surface area contributed by atoms with Crippen molar-refractivity contribution in [2.75, 3.05) is 67.9 Å². The summed E-state index contributed by atoms with van der Waals surface area (Å²) in [4.78, 5) is 70.4. The third-order valence-corrected chi connectivity index (χ3v) is 28.4. The smallest absolute Gasteiger partial charge is 0.309 e. The molecule has 0 aliphatic heterocycles. The highest BCUT2D eigenvalue weighted by atomic mass is 127. The Labute approximate surface area is 891 Å². The largest absolute Gasteiger partial charge is 0.489 e. The van der Waals surface area contributed by atoms with E-state index >= 15 is 0 Å². The number of benzene rings is 12. The van der Waals surface area contributed by atoms with Crippen LogP contribution < -0.4 is 58.8 Å². The van der Waals surface area contributed by atoms with E-state index in [9.17, 15) is 64.4 Å². The molecular weight excluding hydrogens is 2130 g/mol. The van der Waals surface area contributed by atoms with E-state index in [0.29, 0.717) is 80.7 Å². The molecule has 0 spiro atoms. The molecule has 0 aliphatic carbocycles. The molecule has 0 aromatic heterocycles. The highest BCUT2D eigenvalue weighted by Crippen LogP contribution is 2.39. The summed E-state index contributed by atoms with van der Waals surface area (Å²) in [5.74, 6) is 4.08. The molecule has 24 nitrogen and oxygen atoms in total. The van der Waals surface area contributed by atoms with Crippen LogP contribution in [0.1, 0.15) is 139 Å². The molecule has 12 rings (SSSR count). The molecule has 0 atom stereocenters. The highest BCUT2D eigenvalue weighted by molar-refractivity contribution is 14.1. The van der Waals surface area contributed by atoms with Crippen molar-refractivity contribution in [3.63, 3.8) is 0 Å². The van der Waals surface area contributed by atoms with Crippen molar-refractivity contribution in [1.29, 1.82) is 0 Å². The van der Waals surface area contributed by atoms with Gasteiger partial charge < -0.3 is 28.4 Å². The van der Waals surface area contributed by atoms with Crippen molar-refractivity contribution in [3.05, 3.63) is 346 Å². The first-order valence-corrected chi connectivity index (χ1v) is 54.2. The molecule has 0 bridgehead atoms. The van der Waals surface area contributed by atoms with Crippen LogP contribution in [0.5, 0.6) is 34.5 Å². The van der Waals surface area contributed by atoms with E-state index in [1.165, 1.54) is 62.7 Å². The molecule has 143 heavy (non-hydrogen) atoms. The Balaban J connectivity index is 0.000000233. The van der Waals surface area contributed by atoms with Crippen LogP contribution in [0.25, 0.3) is 0 Å². The number of hydrogen-bond acceptors (Lipinski definition) is 24. The van der Waals surface area contributed by atoms with Crippen LogP contribution >= 0.6 is 121 Å². The quantitative estimate of drug-likeness (QED) is 0.0186. The van der Waals surface area contributed by atoms with Gasteiger partial charge in [0.15, 0.2) is 0 Å². The fraction of sp³-hybridized carbons (Fsp3) is 0.284. The van der Waals surface area contributed by atoms with Gasteiger partial charge in [0.25, 0.3) is 0 Å². The zero-order valence-electron chi connectivity index (χ0n) is 84.9. The number of thioether (sulfide) groups is 6. The van der Waals surface area contributed by atoms with E-state index in [0.717, 1.165) is 185 Å². The lowest BCUT2D eigenvalue weighted by Crippen LogP contribution is -2.24. The normalized spacial score (nSPS) is 10.6. The Hall–Kier alpha value is -10.5. The number of amides is 6. The molecule has 6 N–H and O–H groups in total. The summed E-state index contributed by atoms with van der Waals surface area (Å²) in [6.45, 7) is 39.5. The number of carbonyl (C=O) groups is 6. The average Bonchev–Trinajstić information content (AvgIpc) is 0.823. The van der Waals surface area contributed by atoms with Gasteiger partial charge in [0.1, 0.15) is 80.0 Å². The van der Waals surface area contributed by atoms with Crippen molar-refractivity contribution in [3.8, 4) is 34.5 Å². The summed E-state index contributed by atoms with van der Waals surface area (Å²) < 4.78 is 51.4. The molecule has 0 saturated heterocycles. The van der Waals surface area contributed by atoms with Crippen LogP contribution in [0.4, 0.5) is 67.3 Å². The Morgan fingerprint density at radius 2 is 0.503 bits per heavy atom. The van der Waals surface area contributed by atoms with Gasteiger partial charge in [0, 0.05) is 40.9 Å². The van der Waals surface area contributed by atoms with Gasteiger partial charge >= 0.3 is 31.4 Å². The summed E-state index contributed by atoms with van der Waals surface area (Å²) in [5, 5.41) is 61.8. The summed E-state index contributed by atoms with van der Waals surface area (Å²) in [6.07, 6.45) is 9.66. The van der Waals surface area contributed by atoms with Crippen molar-refractivity contribution in [1.82, 2.24) is 0 Å². The van der Waals surface area contributed by atoms with Crippen molar-refractivity contribution in [2.24, 2.45) is 0 Å². The zero-order chi connectivity index (χ0) is 106. The van der Waals surface area contributed by atoms with Crippen LogP contribution in [-0.2, 0) is 39.6 Å². The SMILES string of the molecule is CSC(=O)N(O)c1cccc(Br)c1COc1cc(C)c(C)cc1C.CSC(=O)N(O)c1cccc(C)c1COc1cc(C)c(C)cc1C.CSC(=O)N(O)c1cccc(Cl)c1COc1cc(C)c(C)cc1C.CSC(=O)N(O)c1cccc(F)c1COc1cc(C)c(C)cc1C.CSC(=O)N(O)c1cccc(I)c1COc1cc(C)c(C)cc1C.CSC(=O)N(O)c1ccccc1COc1cc(C)c(C)cc1C. The summed E-state index contributed by atoms with van der Waals surface area (Å²) >= 11 is 17.5. The number of ether oxygens (including phenoxy) is 6. The minimum atomic E-state index is -0.593. The van der Waals surface area contributed by atoms with Gasteiger partial charge in [0.05, 0.1) is 39.7 Å². The molecular formula is C109H124BrClFIN6O18S6. The third-order valence-electron chi connectivity index (χ3n) is 23.2. The Morgan fingerprint density at radius 1 is 0.273 bits per heavy atom. The molecule has 0 saturated carbocycles. The van der Waals surface area contributed by atoms with E-state index in [4.69, 9.17) is 40.0 Å². The standard InChI is InChI=1S/C19H23NO3S.C18H20BrNO3S.C18H20ClNO3S.C18H20FNO3S.C18H20INO3S.C18H21NO3S/c1-12-7-6-8-17(20(22)19(21)24-5)16(12)11-23-18-10-14(3)13(2)9-15(18)4;4*1-11-8-13(3)17(9-12(11)2)23-10-14-15(19)6-5-7-16(14)20(22)18(21)24-4;1-12-9-14(3)17(10-13(12)2)22-11-15-7-5-6-8-16(15)19(21)18(20)23-4/h6-10,22H,11H2,1-5H3;4*5-9,22H,10H2,1-4H3;5-10,21H,11H2,1-4H3. The zero-order valence-corrected chi connectivity index (χ0v) is 94.3. The summed E-state index contributed by atoms with van der Waals surface area (Å²) in [7, 11) is 0. The van der Waals surface area contributed by atoms with Crippen LogP contribution in [-0.4, -0.2) is 100 Å². The first kappa shape index (κ1) is 119.